The molecular weight excluding hydrogens is 510 g/mol. The highest BCUT2D eigenvalue weighted by Gasteiger charge is 2.46. The fraction of sp³-hybridized carbons (Fsp3) is 0.188. The van der Waals surface area contributed by atoms with Crippen molar-refractivity contribution < 1.29 is 33.7 Å². The van der Waals surface area contributed by atoms with E-state index in [1.807, 2.05) is 31.2 Å². The Labute approximate surface area is 231 Å². The average Bonchev–Trinajstić information content (AvgIpc) is 3.56. The Kier molecular flexibility index (Phi) is 7.59. The highest BCUT2D eigenvalue weighted by molar-refractivity contribution is 6.46. The first-order valence-corrected chi connectivity index (χ1v) is 12.9. The number of hydrogen-bond acceptors (Lipinski definition) is 7. The molecule has 0 bridgehead atoms. The minimum Gasteiger partial charge on any atom is -0.507 e. The fourth-order valence-corrected chi connectivity index (χ4v) is 4.73. The number of phenolic OH excluding ortho intramolecular Hbond substituents is 1. The standard InChI is InChI=1S/C32H29NO7/c1-3-38-27-17-22(12-15-26(27)34)29-28(31(36)32(37)33(29)18-25-9-6-16-39-25)30(35)21-10-13-24(14-11-21)40-19-23-8-5-4-7-20(23)2/h4-17,29,34-35H,3,18-19H2,1-2H3. The Morgan fingerprint density at radius 1 is 0.975 bits per heavy atom. The fourth-order valence-electron chi connectivity index (χ4n) is 4.73. The zero-order valence-corrected chi connectivity index (χ0v) is 22.2. The summed E-state index contributed by atoms with van der Waals surface area (Å²) in [5.41, 5.74) is 2.96. The van der Waals surface area contributed by atoms with E-state index < -0.39 is 17.7 Å². The third kappa shape index (κ3) is 5.29. The summed E-state index contributed by atoms with van der Waals surface area (Å²) in [6, 6.07) is 21.7. The zero-order chi connectivity index (χ0) is 28.2. The highest BCUT2D eigenvalue weighted by atomic mass is 16.5. The molecule has 0 saturated carbocycles. The average molecular weight is 540 g/mol. The van der Waals surface area contributed by atoms with E-state index >= 15 is 0 Å². The van der Waals surface area contributed by atoms with E-state index in [0.717, 1.165) is 11.1 Å². The number of likely N-dealkylation sites (tertiary alicyclic amines) is 1. The molecule has 1 aromatic heterocycles. The van der Waals surface area contributed by atoms with Crippen molar-refractivity contribution in [3.8, 4) is 17.2 Å². The molecule has 1 aliphatic heterocycles. The van der Waals surface area contributed by atoms with Crippen molar-refractivity contribution in [2.75, 3.05) is 6.61 Å². The third-order valence-electron chi connectivity index (χ3n) is 6.83. The Morgan fingerprint density at radius 2 is 1.75 bits per heavy atom. The second-order valence-corrected chi connectivity index (χ2v) is 9.41. The Hall–Kier alpha value is -4.98. The second-order valence-electron chi connectivity index (χ2n) is 9.41. The summed E-state index contributed by atoms with van der Waals surface area (Å²) in [5, 5.41) is 21.6. The van der Waals surface area contributed by atoms with E-state index in [4.69, 9.17) is 13.9 Å². The number of aliphatic hydroxyl groups excluding tert-OH is 1. The minimum absolute atomic E-state index is 0.00947. The van der Waals surface area contributed by atoms with Crippen molar-refractivity contribution in [2.24, 2.45) is 0 Å². The van der Waals surface area contributed by atoms with Crippen molar-refractivity contribution in [3.63, 3.8) is 0 Å². The molecular formula is C32H29NO7. The molecule has 1 atom stereocenters. The number of aromatic hydroxyl groups is 1. The van der Waals surface area contributed by atoms with Gasteiger partial charge in [-0.05, 0) is 79.1 Å². The van der Waals surface area contributed by atoms with Gasteiger partial charge in [0.2, 0.25) is 0 Å². The molecule has 0 aliphatic carbocycles. The maximum Gasteiger partial charge on any atom is 0.296 e. The van der Waals surface area contributed by atoms with Crippen LogP contribution in [0, 0.1) is 6.92 Å². The van der Waals surface area contributed by atoms with Crippen LogP contribution in [0.4, 0.5) is 0 Å². The number of carbonyl (C=O) groups excluding carboxylic acids is 2. The van der Waals surface area contributed by atoms with E-state index in [9.17, 15) is 19.8 Å². The van der Waals surface area contributed by atoms with Crippen molar-refractivity contribution >= 4 is 17.4 Å². The van der Waals surface area contributed by atoms with Gasteiger partial charge in [-0.3, -0.25) is 9.59 Å². The van der Waals surface area contributed by atoms with Gasteiger partial charge in [0.1, 0.15) is 23.9 Å². The van der Waals surface area contributed by atoms with Crippen LogP contribution < -0.4 is 9.47 Å². The van der Waals surface area contributed by atoms with Gasteiger partial charge in [0.25, 0.3) is 11.7 Å². The van der Waals surface area contributed by atoms with Gasteiger partial charge >= 0.3 is 0 Å². The Balaban J connectivity index is 1.50. The van der Waals surface area contributed by atoms with Gasteiger partial charge in [-0.2, -0.15) is 0 Å². The molecule has 0 spiro atoms. The maximum atomic E-state index is 13.3. The number of amides is 1. The molecule has 1 unspecified atom stereocenters. The topological polar surface area (TPSA) is 109 Å². The first kappa shape index (κ1) is 26.6. The molecule has 1 amide bonds. The van der Waals surface area contributed by atoms with Crippen LogP contribution in [0.5, 0.6) is 17.2 Å². The van der Waals surface area contributed by atoms with Crippen LogP contribution in [0.15, 0.2) is 95.1 Å². The second kappa shape index (κ2) is 11.4. The normalized spacial score (nSPS) is 16.4. The van der Waals surface area contributed by atoms with Crippen molar-refractivity contribution in [1.82, 2.24) is 4.90 Å². The van der Waals surface area contributed by atoms with Crippen LogP contribution in [0.25, 0.3) is 5.76 Å². The molecule has 1 saturated heterocycles. The first-order valence-electron chi connectivity index (χ1n) is 12.9. The first-order chi connectivity index (χ1) is 19.4. The lowest BCUT2D eigenvalue weighted by molar-refractivity contribution is -0.140. The number of furan rings is 1. The SMILES string of the molecule is CCOc1cc(C2C(=C(O)c3ccc(OCc4ccccc4C)cc3)C(=O)C(=O)N2Cc2ccco2)ccc1O. The highest BCUT2D eigenvalue weighted by Crippen LogP contribution is 2.42. The summed E-state index contributed by atoms with van der Waals surface area (Å²) in [4.78, 5) is 27.9. The molecule has 4 aromatic rings. The number of aliphatic hydroxyl groups is 1. The van der Waals surface area contributed by atoms with E-state index in [-0.39, 0.29) is 29.4 Å². The summed E-state index contributed by atoms with van der Waals surface area (Å²) < 4.78 is 16.9. The maximum absolute atomic E-state index is 13.3. The predicted octanol–water partition coefficient (Wildman–Crippen LogP) is 5.89. The van der Waals surface area contributed by atoms with E-state index in [1.54, 1.807) is 55.5 Å². The van der Waals surface area contributed by atoms with E-state index in [1.165, 1.54) is 17.2 Å². The molecule has 2 heterocycles. The number of nitrogens with zero attached hydrogens (tertiary/aromatic N) is 1. The number of Topliss-reactive ketones (excluding diaryl/α,β-unsaturated/α-hetero) is 1. The lowest BCUT2D eigenvalue weighted by atomic mass is 9.95. The summed E-state index contributed by atoms with van der Waals surface area (Å²) in [6.07, 6.45) is 1.48. The molecule has 40 heavy (non-hydrogen) atoms. The number of ketones is 1. The number of hydrogen-bond donors (Lipinski definition) is 2. The van der Waals surface area contributed by atoms with Gasteiger partial charge in [-0.1, -0.05) is 30.3 Å². The monoisotopic (exact) mass is 539 g/mol. The van der Waals surface area contributed by atoms with E-state index in [2.05, 4.69) is 0 Å². The van der Waals surface area contributed by atoms with Crippen molar-refractivity contribution in [2.45, 2.75) is 33.0 Å². The third-order valence-corrected chi connectivity index (χ3v) is 6.83. The van der Waals surface area contributed by atoms with Gasteiger partial charge in [0.15, 0.2) is 11.5 Å². The van der Waals surface area contributed by atoms with Crippen molar-refractivity contribution in [1.29, 1.82) is 0 Å². The molecule has 8 nitrogen and oxygen atoms in total. The lowest BCUT2D eigenvalue weighted by Crippen LogP contribution is -2.29. The zero-order valence-electron chi connectivity index (χ0n) is 22.2. The van der Waals surface area contributed by atoms with Crippen LogP contribution in [0.1, 0.15) is 41.0 Å². The van der Waals surface area contributed by atoms with Crippen LogP contribution in [0.2, 0.25) is 0 Å². The Morgan fingerprint density at radius 3 is 2.45 bits per heavy atom. The molecule has 0 radical (unpaired) electrons. The largest absolute Gasteiger partial charge is 0.507 e. The summed E-state index contributed by atoms with van der Waals surface area (Å²) >= 11 is 0. The quantitative estimate of drug-likeness (QED) is 0.155. The molecule has 2 N–H and O–H groups in total. The smallest absolute Gasteiger partial charge is 0.296 e. The summed E-state index contributed by atoms with van der Waals surface area (Å²) in [7, 11) is 0. The van der Waals surface area contributed by atoms with Gasteiger partial charge in [-0.25, -0.2) is 0 Å². The number of phenols is 1. The molecule has 3 aromatic carbocycles. The van der Waals surface area contributed by atoms with Gasteiger partial charge in [0.05, 0.1) is 31.0 Å². The van der Waals surface area contributed by atoms with Gasteiger partial charge in [0, 0.05) is 5.56 Å². The molecule has 1 fully saturated rings. The van der Waals surface area contributed by atoms with Crippen LogP contribution in [-0.4, -0.2) is 33.4 Å². The molecule has 5 rings (SSSR count). The van der Waals surface area contributed by atoms with E-state index in [0.29, 0.717) is 35.9 Å². The van der Waals surface area contributed by atoms with Crippen LogP contribution in [-0.2, 0) is 22.7 Å². The van der Waals surface area contributed by atoms with Crippen molar-refractivity contribution in [3.05, 3.63) is 119 Å². The van der Waals surface area contributed by atoms with Gasteiger partial charge in [-0.15, -0.1) is 0 Å². The number of rotatable bonds is 9. The molecule has 1 aliphatic rings. The molecule has 204 valence electrons. The number of ether oxygens (including phenoxy) is 2. The van der Waals surface area contributed by atoms with Crippen LogP contribution in [0.3, 0.4) is 0 Å². The summed E-state index contributed by atoms with van der Waals surface area (Å²) in [5.74, 6) is -0.706. The van der Waals surface area contributed by atoms with Gasteiger partial charge < -0.3 is 29.0 Å². The lowest BCUT2D eigenvalue weighted by Gasteiger charge is -2.25. The van der Waals surface area contributed by atoms with Crippen LogP contribution >= 0.6 is 0 Å². The number of carbonyl (C=O) groups is 2. The number of benzene rings is 3. The summed E-state index contributed by atoms with van der Waals surface area (Å²) in [6.45, 7) is 4.50. The number of aryl methyl sites for hydroxylation is 1. The predicted molar refractivity (Wildman–Crippen MR) is 148 cm³/mol. The molecule has 8 heteroatoms. The minimum atomic E-state index is -0.943. The Bertz CT molecular complexity index is 1550.